The van der Waals surface area contributed by atoms with E-state index in [-0.39, 0.29) is 0 Å². The number of ether oxygens (including phenoxy) is 1. The molecule has 0 aliphatic rings. The molecular weight excluding hydrogens is 463 g/mol. The van der Waals surface area contributed by atoms with Gasteiger partial charge < -0.3 is 15.0 Å². The van der Waals surface area contributed by atoms with E-state index in [9.17, 15) is 4.79 Å². The van der Waals surface area contributed by atoms with Gasteiger partial charge in [-0.3, -0.25) is 10.3 Å². The maximum Gasteiger partial charge on any atom is 0.412 e. The van der Waals surface area contributed by atoms with Crippen molar-refractivity contribution in [2.75, 3.05) is 10.6 Å². The number of carbonyl (C=O) groups is 1. The summed E-state index contributed by atoms with van der Waals surface area (Å²) in [6.45, 7) is 5.71. The van der Waals surface area contributed by atoms with Crippen LogP contribution in [0, 0.1) is 0 Å². The van der Waals surface area contributed by atoms with Crippen molar-refractivity contribution in [1.29, 1.82) is 0 Å². The highest BCUT2D eigenvalue weighted by Crippen LogP contribution is 2.33. The Morgan fingerprint density at radius 1 is 1.15 bits per heavy atom. The number of nitrogens with zero attached hydrogens (tertiary/aromatic N) is 3. The standard InChI is InChI=1S/C23H22Cl2N6O2/c1-23(2,3)33-22(32)31-16-8-9-26-20(13-6-4-5-7-15(13)24)14(16)11-28-21-29-17-10-19(25)27-12-18(17)30-21/h4-10,12H,11H2,1-3H3,(H,26,31,32)(H2,28,29,30). The first-order valence-corrected chi connectivity index (χ1v) is 10.9. The third-order valence-electron chi connectivity index (χ3n) is 4.59. The number of anilines is 2. The van der Waals surface area contributed by atoms with Gasteiger partial charge in [0.05, 0.1) is 23.1 Å². The zero-order valence-corrected chi connectivity index (χ0v) is 19.8. The van der Waals surface area contributed by atoms with Crippen LogP contribution in [-0.4, -0.2) is 31.6 Å². The summed E-state index contributed by atoms with van der Waals surface area (Å²) in [4.78, 5) is 28.7. The van der Waals surface area contributed by atoms with Crippen LogP contribution in [0.5, 0.6) is 0 Å². The van der Waals surface area contributed by atoms with E-state index in [2.05, 4.69) is 30.6 Å². The minimum Gasteiger partial charge on any atom is -0.444 e. The van der Waals surface area contributed by atoms with Crippen LogP contribution in [0.15, 0.2) is 48.8 Å². The van der Waals surface area contributed by atoms with Gasteiger partial charge in [-0.2, -0.15) is 0 Å². The van der Waals surface area contributed by atoms with Gasteiger partial charge in [0.15, 0.2) is 0 Å². The fourth-order valence-electron chi connectivity index (χ4n) is 3.23. The Bertz CT molecular complexity index is 1320. The first-order chi connectivity index (χ1) is 15.7. The number of pyridine rings is 2. The molecule has 0 aliphatic heterocycles. The van der Waals surface area contributed by atoms with E-state index in [4.69, 9.17) is 27.9 Å². The summed E-state index contributed by atoms with van der Waals surface area (Å²) in [5.74, 6) is 0.520. The SMILES string of the molecule is CC(C)(C)OC(=O)Nc1ccnc(-c2ccccc2Cl)c1CNc1nc2cnc(Cl)cc2[nH]1. The van der Waals surface area contributed by atoms with Gasteiger partial charge in [0.25, 0.3) is 0 Å². The highest BCUT2D eigenvalue weighted by atomic mass is 35.5. The molecule has 33 heavy (non-hydrogen) atoms. The van der Waals surface area contributed by atoms with E-state index in [1.54, 1.807) is 51.4 Å². The number of aromatic amines is 1. The third kappa shape index (κ3) is 5.53. The molecule has 0 atom stereocenters. The molecule has 3 aromatic heterocycles. The fourth-order valence-corrected chi connectivity index (χ4v) is 3.61. The molecule has 1 aromatic carbocycles. The van der Waals surface area contributed by atoms with Crippen LogP contribution in [0.4, 0.5) is 16.4 Å². The lowest BCUT2D eigenvalue weighted by atomic mass is 10.0. The second-order valence-corrected chi connectivity index (χ2v) is 9.05. The van der Waals surface area contributed by atoms with E-state index in [1.807, 2.05) is 18.2 Å². The van der Waals surface area contributed by atoms with Crippen LogP contribution in [0.1, 0.15) is 26.3 Å². The zero-order chi connectivity index (χ0) is 23.6. The Balaban J connectivity index is 1.69. The first kappa shape index (κ1) is 22.8. The minimum atomic E-state index is -0.634. The largest absolute Gasteiger partial charge is 0.444 e. The van der Waals surface area contributed by atoms with Crippen LogP contribution in [0.3, 0.4) is 0 Å². The number of rotatable bonds is 5. The van der Waals surface area contributed by atoms with Gasteiger partial charge in [-0.15, -0.1) is 0 Å². The molecule has 0 saturated carbocycles. The number of amides is 1. The second-order valence-electron chi connectivity index (χ2n) is 8.26. The van der Waals surface area contributed by atoms with Crippen molar-refractivity contribution in [2.24, 2.45) is 0 Å². The highest BCUT2D eigenvalue weighted by Gasteiger charge is 2.20. The summed E-state index contributed by atoms with van der Waals surface area (Å²) in [5.41, 5.74) is 3.42. The van der Waals surface area contributed by atoms with Crippen LogP contribution in [0.25, 0.3) is 22.3 Å². The number of carbonyl (C=O) groups excluding carboxylic acids is 1. The summed E-state index contributed by atoms with van der Waals surface area (Å²) in [6.07, 6.45) is 2.64. The molecule has 170 valence electrons. The molecule has 3 N–H and O–H groups in total. The minimum absolute atomic E-state index is 0.292. The Kier molecular flexibility index (Phi) is 6.40. The molecule has 3 heterocycles. The van der Waals surface area contributed by atoms with E-state index in [0.29, 0.717) is 45.1 Å². The first-order valence-electron chi connectivity index (χ1n) is 10.2. The van der Waals surface area contributed by atoms with Crippen molar-refractivity contribution in [2.45, 2.75) is 32.9 Å². The smallest absolute Gasteiger partial charge is 0.412 e. The molecule has 0 spiro atoms. The number of aromatic nitrogens is 4. The number of H-pyrrole nitrogens is 1. The van der Waals surface area contributed by atoms with Crippen molar-refractivity contribution in [3.05, 3.63) is 64.5 Å². The zero-order valence-electron chi connectivity index (χ0n) is 18.2. The van der Waals surface area contributed by atoms with Gasteiger partial charge in [-0.1, -0.05) is 41.4 Å². The molecule has 4 aromatic rings. The molecule has 4 rings (SSSR count). The number of fused-ring (bicyclic) bond motifs is 1. The summed E-state index contributed by atoms with van der Waals surface area (Å²) >= 11 is 12.4. The Labute approximate surface area is 200 Å². The number of nitrogens with one attached hydrogen (secondary N) is 3. The summed E-state index contributed by atoms with van der Waals surface area (Å²) < 4.78 is 5.42. The van der Waals surface area contributed by atoms with E-state index in [1.165, 1.54) is 0 Å². The van der Waals surface area contributed by atoms with Crippen LogP contribution in [0.2, 0.25) is 10.2 Å². The predicted molar refractivity (Wildman–Crippen MR) is 131 cm³/mol. The molecule has 10 heteroatoms. The van der Waals surface area contributed by atoms with Crippen molar-refractivity contribution < 1.29 is 9.53 Å². The number of hydrogen-bond acceptors (Lipinski definition) is 6. The average Bonchev–Trinajstić information content (AvgIpc) is 3.13. The summed E-state index contributed by atoms with van der Waals surface area (Å²) in [7, 11) is 0. The van der Waals surface area contributed by atoms with E-state index >= 15 is 0 Å². The lowest BCUT2D eigenvalue weighted by Gasteiger charge is -2.21. The lowest BCUT2D eigenvalue weighted by Crippen LogP contribution is -2.27. The van der Waals surface area contributed by atoms with Crippen molar-refractivity contribution >= 4 is 52.0 Å². The summed E-state index contributed by atoms with van der Waals surface area (Å²) in [6, 6.07) is 10.8. The number of benzene rings is 1. The van der Waals surface area contributed by atoms with Crippen molar-refractivity contribution in [3.63, 3.8) is 0 Å². The van der Waals surface area contributed by atoms with Crippen molar-refractivity contribution in [3.8, 4) is 11.3 Å². The molecular formula is C23H22Cl2N6O2. The van der Waals surface area contributed by atoms with Gasteiger partial charge in [0.2, 0.25) is 5.95 Å². The molecule has 1 amide bonds. The van der Waals surface area contributed by atoms with Gasteiger partial charge in [-0.05, 0) is 32.9 Å². The Morgan fingerprint density at radius 2 is 1.94 bits per heavy atom. The molecule has 0 unspecified atom stereocenters. The number of halogens is 2. The molecule has 0 aliphatic carbocycles. The van der Waals surface area contributed by atoms with Crippen molar-refractivity contribution in [1.82, 2.24) is 19.9 Å². The monoisotopic (exact) mass is 484 g/mol. The molecule has 0 radical (unpaired) electrons. The van der Waals surface area contributed by atoms with Gasteiger partial charge in [-0.25, -0.2) is 14.8 Å². The highest BCUT2D eigenvalue weighted by molar-refractivity contribution is 6.33. The van der Waals surface area contributed by atoms with Crippen LogP contribution >= 0.6 is 23.2 Å². The molecule has 0 bridgehead atoms. The number of imidazole rings is 1. The predicted octanol–water partition coefficient (Wildman–Crippen LogP) is 6.29. The fraction of sp³-hybridized carbons (Fsp3) is 0.217. The third-order valence-corrected chi connectivity index (χ3v) is 5.12. The van der Waals surface area contributed by atoms with Gasteiger partial charge in [0, 0.05) is 35.0 Å². The van der Waals surface area contributed by atoms with E-state index < -0.39 is 11.7 Å². The second kappa shape index (κ2) is 9.25. The number of hydrogen-bond donors (Lipinski definition) is 3. The quantitative estimate of drug-likeness (QED) is 0.287. The molecule has 8 nitrogen and oxygen atoms in total. The van der Waals surface area contributed by atoms with Crippen LogP contribution < -0.4 is 10.6 Å². The van der Waals surface area contributed by atoms with Gasteiger partial charge in [0.1, 0.15) is 16.3 Å². The Morgan fingerprint density at radius 3 is 2.70 bits per heavy atom. The topological polar surface area (TPSA) is 105 Å². The van der Waals surface area contributed by atoms with Crippen LogP contribution in [-0.2, 0) is 11.3 Å². The lowest BCUT2D eigenvalue weighted by molar-refractivity contribution is 0.0636. The summed E-state index contributed by atoms with van der Waals surface area (Å²) in [5, 5.41) is 6.99. The van der Waals surface area contributed by atoms with Gasteiger partial charge >= 0.3 is 6.09 Å². The average molecular weight is 485 g/mol. The molecule has 0 fully saturated rings. The molecule has 0 saturated heterocycles. The maximum atomic E-state index is 12.5. The normalized spacial score (nSPS) is 11.4. The Hall–Kier alpha value is -3.36. The maximum absolute atomic E-state index is 12.5. The van der Waals surface area contributed by atoms with E-state index in [0.717, 1.165) is 11.1 Å².